The van der Waals surface area contributed by atoms with Crippen molar-refractivity contribution >= 4 is 0 Å². The first-order chi connectivity index (χ1) is 9.67. The lowest BCUT2D eigenvalue weighted by atomic mass is 9.78. The van der Waals surface area contributed by atoms with Crippen molar-refractivity contribution in [1.82, 2.24) is 0 Å². The van der Waals surface area contributed by atoms with Crippen molar-refractivity contribution in [3.63, 3.8) is 0 Å². The first kappa shape index (κ1) is 14.8. The molecule has 0 aliphatic rings. The molecule has 2 nitrogen and oxygen atoms in total. The maximum atomic E-state index is 9.79. The van der Waals surface area contributed by atoms with Gasteiger partial charge in [0.1, 0.15) is 0 Å². The summed E-state index contributed by atoms with van der Waals surface area (Å²) in [4.78, 5) is 0. The Labute approximate surface area is 120 Å². The molecule has 2 aromatic rings. The fourth-order valence-corrected chi connectivity index (χ4v) is 2.50. The SMILES string of the molecule is Cc1ccc(CC(CO)(CO)Cc2ccccc2)cc1. The van der Waals surface area contributed by atoms with Crippen molar-refractivity contribution in [2.75, 3.05) is 13.2 Å². The Morgan fingerprint density at radius 3 is 1.75 bits per heavy atom. The van der Waals surface area contributed by atoms with E-state index < -0.39 is 5.41 Å². The van der Waals surface area contributed by atoms with Gasteiger partial charge in [-0.15, -0.1) is 0 Å². The molecule has 0 bridgehead atoms. The lowest BCUT2D eigenvalue weighted by Crippen LogP contribution is -2.34. The van der Waals surface area contributed by atoms with Crippen molar-refractivity contribution in [1.29, 1.82) is 0 Å². The molecule has 0 saturated heterocycles. The van der Waals surface area contributed by atoms with Crippen LogP contribution in [0.5, 0.6) is 0 Å². The molecule has 0 saturated carbocycles. The molecular weight excluding hydrogens is 248 g/mol. The van der Waals surface area contributed by atoms with E-state index in [1.54, 1.807) is 0 Å². The smallest absolute Gasteiger partial charge is 0.0515 e. The van der Waals surface area contributed by atoms with E-state index in [4.69, 9.17) is 0 Å². The highest BCUT2D eigenvalue weighted by Crippen LogP contribution is 2.27. The largest absolute Gasteiger partial charge is 0.396 e. The highest BCUT2D eigenvalue weighted by atomic mass is 16.3. The molecule has 2 heteroatoms. The van der Waals surface area contributed by atoms with E-state index in [0.717, 1.165) is 11.1 Å². The molecule has 0 atom stereocenters. The maximum Gasteiger partial charge on any atom is 0.0515 e. The van der Waals surface area contributed by atoms with Gasteiger partial charge in [-0.2, -0.15) is 0 Å². The molecule has 0 heterocycles. The van der Waals surface area contributed by atoms with Gasteiger partial charge in [-0.3, -0.25) is 0 Å². The van der Waals surface area contributed by atoms with Crippen LogP contribution in [0.4, 0.5) is 0 Å². The van der Waals surface area contributed by atoms with E-state index in [1.165, 1.54) is 5.56 Å². The lowest BCUT2D eigenvalue weighted by Gasteiger charge is -2.30. The fourth-order valence-electron chi connectivity index (χ4n) is 2.50. The van der Waals surface area contributed by atoms with Gasteiger partial charge >= 0.3 is 0 Å². The molecule has 0 fully saturated rings. The monoisotopic (exact) mass is 270 g/mol. The van der Waals surface area contributed by atoms with E-state index in [9.17, 15) is 10.2 Å². The Morgan fingerprint density at radius 1 is 0.750 bits per heavy atom. The number of rotatable bonds is 6. The van der Waals surface area contributed by atoms with Crippen molar-refractivity contribution < 1.29 is 10.2 Å². The Balaban J connectivity index is 2.18. The molecule has 0 amide bonds. The summed E-state index contributed by atoms with van der Waals surface area (Å²) in [6.45, 7) is 2.01. The van der Waals surface area contributed by atoms with E-state index in [0.29, 0.717) is 12.8 Å². The molecule has 0 aliphatic carbocycles. The van der Waals surface area contributed by atoms with Crippen LogP contribution in [0.15, 0.2) is 54.6 Å². The number of hydrogen-bond acceptors (Lipinski definition) is 2. The predicted molar refractivity (Wildman–Crippen MR) is 81.6 cm³/mol. The van der Waals surface area contributed by atoms with Crippen LogP contribution in [0, 0.1) is 12.3 Å². The molecule has 0 aromatic heterocycles. The molecule has 0 radical (unpaired) electrons. The van der Waals surface area contributed by atoms with E-state index in [-0.39, 0.29) is 13.2 Å². The van der Waals surface area contributed by atoms with E-state index >= 15 is 0 Å². The normalized spacial score (nSPS) is 11.6. The zero-order chi connectivity index (χ0) is 14.4. The number of aliphatic hydroxyl groups is 2. The van der Waals surface area contributed by atoms with Gasteiger partial charge in [0.15, 0.2) is 0 Å². The van der Waals surface area contributed by atoms with E-state index in [2.05, 4.69) is 31.2 Å². The lowest BCUT2D eigenvalue weighted by molar-refractivity contribution is 0.0548. The summed E-state index contributed by atoms with van der Waals surface area (Å²) in [5.41, 5.74) is 3.00. The number of hydrogen-bond donors (Lipinski definition) is 2. The van der Waals surface area contributed by atoms with Crippen LogP contribution < -0.4 is 0 Å². The van der Waals surface area contributed by atoms with Crippen LogP contribution >= 0.6 is 0 Å². The summed E-state index contributed by atoms with van der Waals surface area (Å²) >= 11 is 0. The van der Waals surface area contributed by atoms with Gasteiger partial charge in [0, 0.05) is 5.41 Å². The zero-order valence-electron chi connectivity index (χ0n) is 11.9. The van der Waals surface area contributed by atoms with Crippen LogP contribution in [0.1, 0.15) is 16.7 Å². The highest BCUT2D eigenvalue weighted by molar-refractivity contribution is 5.24. The first-order valence-electron chi connectivity index (χ1n) is 6.99. The molecule has 2 N–H and O–H groups in total. The average molecular weight is 270 g/mol. The van der Waals surface area contributed by atoms with Crippen LogP contribution in [0.2, 0.25) is 0 Å². The number of benzene rings is 2. The summed E-state index contributed by atoms with van der Waals surface area (Å²) in [5.74, 6) is 0. The summed E-state index contributed by atoms with van der Waals surface area (Å²) in [6.07, 6.45) is 1.35. The van der Waals surface area contributed by atoms with Crippen LogP contribution in [0.3, 0.4) is 0 Å². The standard InChI is InChI=1S/C18H22O2/c1-15-7-9-17(10-8-15)12-18(13-19,14-20)11-16-5-3-2-4-6-16/h2-10,19-20H,11-14H2,1H3. The second-order valence-corrected chi connectivity index (χ2v) is 5.64. The van der Waals surface area contributed by atoms with Crippen LogP contribution in [0.25, 0.3) is 0 Å². The minimum Gasteiger partial charge on any atom is -0.396 e. The minimum atomic E-state index is -0.503. The third-order valence-electron chi connectivity index (χ3n) is 3.79. The summed E-state index contributed by atoms with van der Waals surface area (Å²) in [5, 5.41) is 19.6. The zero-order valence-corrected chi connectivity index (χ0v) is 11.9. The topological polar surface area (TPSA) is 40.5 Å². The van der Waals surface area contributed by atoms with Crippen molar-refractivity contribution in [2.24, 2.45) is 5.41 Å². The quantitative estimate of drug-likeness (QED) is 0.847. The Hall–Kier alpha value is -1.64. The van der Waals surface area contributed by atoms with Gasteiger partial charge in [0.2, 0.25) is 0 Å². The summed E-state index contributed by atoms with van der Waals surface area (Å²) in [7, 11) is 0. The minimum absolute atomic E-state index is 0.0216. The number of aliphatic hydroxyl groups excluding tert-OH is 2. The Bertz CT molecular complexity index is 513. The number of aryl methyl sites for hydroxylation is 1. The molecule has 20 heavy (non-hydrogen) atoms. The van der Waals surface area contributed by atoms with Gasteiger partial charge in [-0.05, 0) is 30.9 Å². The van der Waals surface area contributed by atoms with Crippen molar-refractivity contribution in [3.8, 4) is 0 Å². The van der Waals surface area contributed by atoms with Gasteiger partial charge in [-0.1, -0.05) is 60.2 Å². The maximum absolute atomic E-state index is 9.79. The first-order valence-corrected chi connectivity index (χ1v) is 6.99. The van der Waals surface area contributed by atoms with Gasteiger partial charge < -0.3 is 10.2 Å². The summed E-state index contributed by atoms with van der Waals surface area (Å²) in [6, 6.07) is 18.3. The Morgan fingerprint density at radius 2 is 1.25 bits per heavy atom. The summed E-state index contributed by atoms with van der Waals surface area (Å²) < 4.78 is 0. The molecule has 2 aromatic carbocycles. The van der Waals surface area contributed by atoms with Crippen LogP contribution in [-0.4, -0.2) is 23.4 Å². The molecule has 0 unspecified atom stereocenters. The molecular formula is C18H22O2. The highest BCUT2D eigenvalue weighted by Gasteiger charge is 2.29. The van der Waals surface area contributed by atoms with Crippen molar-refractivity contribution in [3.05, 3.63) is 71.3 Å². The third-order valence-corrected chi connectivity index (χ3v) is 3.79. The second kappa shape index (κ2) is 6.69. The third kappa shape index (κ3) is 3.69. The Kier molecular flexibility index (Phi) is 4.94. The van der Waals surface area contributed by atoms with Gasteiger partial charge in [-0.25, -0.2) is 0 Å². The molecule has 106 valence electrons. The molecule has 0 spiro atoms. The molecule has 2 rings (SSSR count). The predicted octanol–water partition coefficient (Wildman–Crippen LogP) is 2.75. The second-order valence-electron chi connectivity index (χ2n) is 5.64. The average Bonchev–Trinajstić information content (AvgIpc) is 2.50. The fraction of sp³-hybridized carbons (Fsp3) is 0.333. The van der Waals surface area contributed by atoms with Crippen molar-refractivity contribution in [2.45, 2.75) is 19.8 Å². The van der Waals surface area contributed by atoms with Crippen LogP contribution in [-0.2, 0) is 12.8 Å². The van der Waals surface area contributed by atoms with Gasteiger partial charge in [0.05, 0.1) is 13.2 Å². The van der Waals surface area contributed by atoms with E-state index in [1.807, 2.05) is 30.3 Å². The molecule has 0 aliphatic heterocycles. The van der Waals surface area contributed by atoms with Gasteiger partial charge in [0.25, 0.3) is 0 Å².